The molecule has 2 rings (SSSR count). The van der Waals surface area contributed by atoms with Gasteiger partial charge >= 0.3 is 0 Å². The molecule has 0 aliphatic carbocycles. The van der Waals surface area contributed by atoms with E-state index in [9.17, 15) is 0 Å². The molecule has 0 aromatic heterocycles. The highest BCUT2D eigenvalue weighted by atomic mass is 35.5. The van der Waals surface area contributed by atoms with Crippen LogP contribution in [0.5, 0.6) is 0 Å². The molecule has 0 heterocycles. The van der Waals surface area contributed by atoms with Crippen LogP contribution in [-0.4, -0.2) is 88.1 Å². The molecule has 0 unspecified atom stereocenters. The Morgan fingerprint density at radius 2 is 0.903 bits per heavy atom. The fourth-order valence-corrected chi connectivity index (χ4v) is 5.10. The lowest BCUT2D eigenvalue weighted by atomic mass is 10.1. The van der Waals surface area contributed by atoms with Gasteiger partial charge in [-0.25, -0.2) is 0 Å². The lowest BCUT2D eigenvalue weighted by molar-refractivity contribution is -1.08. The van der Waals surface area contributed by atoms with Gasteiger partial charge in [-0.15, -0.1) is 11.6 Å². The predicted octanol–water partition coefficient (Wildman–Crippen LogP) is 4.33. The summed E-state index contributed by atoms with van der Waals surface area (Å²) in [5.41, 5.74) is 5.34. The van der Waals surface area contributed by atoms with E-state index in [0.29, 0.717) is 5.88 Å². The number of quaternary nitrogens is 3. The topological polar surface area (TPSA) is 3.24 Å². The SMILES string of the molecule is CN(C)C[N+](C)(C)Cc1ccc(C[N+](C)(C)C[N+](C)(C)Cc2ccc(CCl)cc2)cc1. The smallest absolute Gasteiger partial charge is 0.207 e. The molecule has 172 valence electrons. The van der Waals surface area contributed by atoms with E-state index in [4.69, 9.17) is 11.6 Å². The number of alkyl halides is 1. The molecule has 0 spiro atoms. The number of halogens is 1. The van der Waals surface area contributed by atoms with Gasteiger partial charge in [-0.1, -0.05) is 48.5 Å². The van der Waals surface area contributed by atoms with Crippen molar-refractivity contribution in [2.45, 2.75) is 25.5 Å². The van der Waals surface area contributed by atoms with Gasteiger partial charge < -0.3 is 4.48 Å². The molecule has 0 atom stereocenters. The zero-order valence-electron chi connectivity index (χ0n) is 21.0. The van der Waals surface area contributed by atoms with Gasteiger partial charge in [-0.05, 0) is 19.7 Å². The fraction of sp³-hybridized carbons (Fsp3) is 0.538. The summed E-state index contributed by atoms with van der Waals surface area (Å²) in [6.45, 7) is 5.19. The standard InChI is InChI=1S/C26H44ClN4/c1-28(2)21-29(3,4)18-24-13-15-26(16-14-24)20-31(7,8)22-30(5,6)19-25-11-9-23(17-27)10-12-25/h9-16H,17-22H2,1-8H3/q+3. The highest BCUT2D eigenvalue weighted by molar-refractivity contribution is 6.17. The van der Waals surface area contributed by atoms with Gasteiger partial charge in [0.15, 0.2) is 0 Å². The minimum absolute atomic E-state index is 0.577. The van der Waals surface area contributed by atoms with Crippen LogP contribution in [0.15, 0.2) is 48.5 Å². The maximum absolute atomic E-state index is 5.93. The van der Waals surface area contributed by atoms with Crippen LogP contribution in [0.2, 0.25) is 0 Å². The Hall–Kier alpha value is -1.43. The molecule has 0 aliphatic heterocycles. The van der Waals surface area contributed by atoms with Crippen molar-refractivity contribution >= 4 is 11.6 Å². The van der Waals surface area contributed by atoms with Crippen LogP contribution in [0.4, 0.5) is 0 Å². The normalized spacial score (nSPS) is 13.1. The summed E-state index contributed by atoms with van der Waals surface area (Å²) in [5.74, 6) is 0.577. The molecule has 5 heteroatoms. The Kier molecular flexibility index (Phi) is 8.71. The van der Waals surface area contributed by atoms with E-state index >= 15 is 0 Å². The van der Waals surface area contributed by atoms with Crippen LogP contribution in [0, 0.1) is 0 Å². The number of benzene rings is 2. The highest BCUT2D eigenvalue weighted by Crippen LogP contribution is 2.18. The highest BCUT2D eigenvalue weighted by Gasteiger charge is 2.28. The van der Waals surface area contributed by atoms with E-state index in [1.54, 1.807) is 0 Å². The molecule has 31 heavy (non-hydrogen) atoms. The van der Waals surface area contributed by atoms with Gasteiger partial charge in [0, 0.05) is 22.6 Å². The largest absolute Gasteiger partial charge is 0.312 e. The second-order valence-electron chi connectivity index (χ2n) is 11.4. The van der Waals surface area contributed by atoms with E-state index in [1.807, 2.05) is 0 Å². The minimum atomic E-state index is 0.577. The van der Waals surface area contributed by atoms with Gasteiger partial charge in [-0.2, -0.15) is 0 Å². The van der Waals surface area contributed by atoms with Crippen LogP contribution in [0.3, 0.4) is 0 Å². The molecule has 0 aliphatic rings. The van der Waals surface area contributed by atoms with Crippen molar-refractivity contribution < 1.29 is 13.4 Å². The molecule has 0 radical (unpaired) electrons. The molecular formula is C26H44ClN4+3. The first-order chi connectivity index (χ1) is 14.3. The van der Waals surface area contributed by atoms with Crippen molar-refractivity contribution in [2.24, 2.45) is 0 Å². The third-order valence-electron chi connectivity index (χ3n) is 5.46. The van der Waals surface area contributed by atoms with E-state index in [-0.39, 0.29) is 0 Å². The molecule has 0 bridgehead atoms. The van der Waals surface area contributed by atoms with E-state index in [1.165, 1.54) is 22.3 Å². The minimum Gasteiger partial charge on any atom is -0.312 e. The van der Waals surface area contributed by atoms with Crippen molar-refractivity contribution in [3.8, 4) is 0 Å². The zero-order valence-corrected chi connectivity index (χ0v) is 21.8. The Bertz CT molecular complexity index is 808. The van der Waals surface area contributed by atoms with Crippen molar-refractivity contribution in [3.63, 3.8) is 0 Å². The van der Waals surface area contributed by atoms with Gasteiger partial charge in [0.1, 0.15) is 26.3 Å². The second-order valence-corrected chi connectivity index (χ2v) is 11.7. The lowest BCUT2D eigenvalue weighted by Crippen LogP contribution is -2.54. The average molecular weight is 448 g/mol. The van der Waals surface area contributed by atoms with Gasteiger partial charge in [-0.3, -0.25) is 13.9 Å². The van der Waals surface area contributed by atoms with Gasteiger partial charge in [0.25, 0.3) is 0 Å². The number of hydrogen-bond donors (Lipinski definition) is 0. The van der Waals surface area contributed by atoms with Crippen LogP contribution < -0.4 is 0 Å². The number of nitrogens with zero attached hydrogens (tertiary/aromatic N) is 4. The monoisotopic (exact) mass is 447 g/mol. The maximum atomic E-state index is 5.93. The van der Waals surface area contributed by atoms with Crippen molar-refractivity contribution in [1.82, 2.24) is 4.90 Å². The zero-order chi connectivity index (χ0) is 23.3. The summed E-state index contributed by atoms with van der Waals surface area (Å²) in [6.07, 6.45) is 0. The van der Waals surface area contributed by atoms with Crippen LogP contribution >= 0.6 is 11.6 Å². The molecule has 0 fully saturated rings. The first-order valence-corrected chi connectivity index (χ1v) is 11.7. The van der Waals surface area contributed by atoms with E-state index < -0.39 is 0 Å². The maximum Gasteiger partial charge on any atom is 0.207 e. The molecular weight excluding hydrogens is 404 g/mol. The van der Waals surface area contributed by atoms with Gasteiger partial charge in [0.05, 0.1) is 42.3 Å². The summed E-state index contributed by atoms with van der Waals surface area (Å²) in [6, 6.07) is 18.0. The second kappa shape index (κ2) is 10.5. The van der Waals surface area contributed by atoms with Crippen molar-refractivity contribution in [1.29, 1.82) is 0 Å². The Morgan fingerprint density at radius 3 is 1.23 bits per heavy atom. The first kappa shape index (κ1) is 25.8. The summed E-state index contributed by atoms with van der Waals surface area (Å²) in [4.78, 5) is 2.25. The molecule has 2 aromatic carbocycles. The molecule has 0 N–H and O–H groups in total. The van der Waals surface area contributed by atoms with Crippen molar-refractivity contribution in [3.05, 3.63) is 70.8 Å². The Balaban J connectivity index is 1.97. The summed E-state index contributed by atoms with van der Waals surface area (Å²) < 4.78 is 2.86. The average Bonchev–Trinajstić information content (AvgIpc) is 2.61. The molecule has 4 nitrogen and oxygen atoms in total. The molecule has 2 aromatic rings. The predicted molar refractivity (Wildman–Crippen MR) is 133 cm³/mol. The Labute approximate surface area is 196 Å². The quantitative estimate of drug-likeness (QED) is 0.281. The molecule has 0 amide bonds. The summed E-state index contributed by atoms with van der Waals surface area (Å²) in [7, 11) is 18.2. The first-order valence-electron chi connectivity index (χ1n) is 11.1. The van der Waals surface area contributed by atoms with Gasteiger partial charge in [0.2, 0.25) is 6.67 Å². The van der Waals surface area contributed by atoms with Crippen LogP contribution in [0.1, 0.15) is 22.3 Å². The number of rotatable bonds is 11. The molecule has 0 saturated carbocycles. The molecule has 0 saturated heterocycles. The summed E-state index contributed by atoms with van der Waals surface area (Å²) in [5, 5.41) is 0. The van der Waals surface area contributed by atoms with Crippen molar-refractivity contribution in [2.75, 3.05) is 69.7 Å². The van der Waals surface area contributed by atoms with E-state index in [2.05, 4.69) is 110 Å². The third kappa shape index (κ3) is 9.30. The van der Waals surface area contributed by atoms with Crippen LogP contribution in [-0.2, 0) is 25.5 Å². The van der Waals surface area contributed by atoms with E-state index in [0.717, 1.165) is 46.4 Å². The Morgan fingerprint density at radius 1 is 0.581 bits per heavy atom. The van der Waals surface area contributed by atoms with Crippen LogP contribution in [0.25, 0.3) is 0 Å². The number of hydrogen-bond acceptors (Lipinski definition) is 1. The third-order valence-corrected chi connectivity index (χ3v) is 5.77. The fourth-order valence-electron chi connectivity index (χ4n) is 4.92. The lowest BCUT2D eigenvalue weighted by Gasteiger charge is -2.39. The summed E-state index contributed by atoms with van der Waals surface area (Å²) >= 11 is 5.93.